The van der Waals surface area contributed by atoms with Crippen molar-refractivity contribution in [2.24, 2.45) is 0 Å². The van der Waals surface area contributed by atoms with Gasteiger partial charge in [0.1, 0.15) is 5.56 Å². The Morgan fingerprint density at radius 2 is 2.24 bits per heavy atom. The molecule has 1 aromatic carbocycles. The molecule has 0 bridgehead atoms. The van der Waals surface area contributed by atoms with Gasteiger partial charge in [0, 0.05) is 6.20 Å². The Kier molecular flexibility index (Phi) is 3.15. The fourth-order valence-electron chi connectivity index (χ4n) is 1.59. The summed E-state index contributed by atoms with van der Waals surface area (Å²) in [6.07, 6.45) is 1.35. The zero-order chi connectivity index (χ0) is 12.4. The maximum atomic E-state index is 12.1. The minimum absolute atomic E-state index is 0.0348. The van der Waals surface area contributed by atoms with Crippen LogP contribution in [-0.2, 0) is 4.74 Å². The van der Waals surface area contributed by atoms with Gasteiger partial charge in [0.15, 0.2) is 0 Å². The maximum absolute atomic E-state index is 12.1. The van der Waals surface area contributed by atoms with Gasteiger partial charge in [-0.15, -0.1) is 0 Å². The van der Waals surface area contributed by atoms with Gasteiger partial charge in [-0.1, -0.05) is 17.7 Å². The van der Waals surface area contributed by atoms with Gasteiger partial charge < -0.3 is 9.72 Å². The summed E-state index contributed by atoms with van der Waals surface area (Å²) in [5.41, 5.74) is 0.144. The molecule has 17 heavy (non-hydrogen) atoms. The first kappa shape index (κ1) is 11.7. The van der Waals surface area contributed by atoms with Crippen molar-refractivity contribution in [1.29, 1.82) is 0 Å². The van der Waals surface area contributed by atoms with Gasteiger partial charge in [0.05, 0.1) is 22.5 Å². The van der Waals surface area contributed by atoms with Crippen LogP contribution in [-0.4, -0.2) is 17.6 Å². The number of hydrogen-bond acceptors (Lipinski definition) is 3. The van der Waals surface area contributed by atoms with E-state index in [1.165, 1.54) is 6.20 Å². The first-order valence-electron chi connectivity index (χ1n) is 5.12. The Bertz CT molecular complexity index is 633. The molecule has 4 nitrogen and oxygen atoms in total. The second-order valence-corrected chi connectivity index (χ2v) is 3.82. The zero-order valence-electron chi connectivity index (χ0n) is 9.12. The lowest BCUT2D eigenvalue weighted by Gasteiger charge is -2.04. The number of esters is 1. The van der Waals surface area contributed by atoms with Crippen LogP contribution in [0.2, 0.25) is 5.02 Å². The van der Waals surface area contributed by atoms with Crippen molar-refractivity contribution in [3.63, 3.8) is 0 Å². The van der Waals surface area contributed by atoms with Crippen LogP contribution in [0.1, 0.15) is 17.3 Å². The normalized spacial score (nSPS) is 10.5. The highest BCUT2D eigenvalue weighted by molar-refractivity contribution is 6.35. The van der Waals surface area contributed by atoms with Crippen molar-refractivity contribution in [2.75, 3.05) is 6.61 Å². The minimum atomic E-state index is -0.643. The van der Waals surface area contributed by atoms with Crippen molar-refractivity contribution in [3.05, 3.63) is 45.2 Å². The molecule has 0 aliphatic heterocycles. The fourth-order valence-corrected chi connectivity index (χ4v) is 1.85. The Labute approximate surface area is 102 Å². The van der Waals surface area contributed by atoms with Crippen molar-refractivity contribution in [2.45, 2.75) is 6.92 Å². The Morgan fingerprint density at radius 3 is 2.94 bits per heavy atom. The third-order valence-corrected chi connectivity index (χ3v) is 2.67. The van der Waals surface area contributed by atoms with Crippen LogP contribution >= 0.6 is 11.6 Å². The number of carbonyl (C=O) groups excluding carboxylic acids is 1. The molecule has 5 heteroatoms. The topological polar surface area (TPSA) is 59.2 Å². The molecule has 0 saturated carbocycles. The molecule has 0 aliphatic carbocycles. The van der Waals surface area contributed by atoms with Gasteiger partial charge in [-0.05, 0) is 19.1 Å². The number of benzene rings is 1. The number of fused-ring (bicyclic) bond motifs is 1. The average Bonchev–Trinajstić information content (AvgIpc) is 2.29. The second-order valence-electron chi connectivity index (χ2n) is 3.41. The van der Waals surface area contributed by atoms with Crippen LogP contribution in [0.15, 0.2) is 29.2 Å². The molecule has 1 aromatic heterocycles. The first-order valence-corrected chi connectivity index (χ1v) is 5.50. The number of aromatic nitrogens is 1. The monoisotopic (exact) mass is 251 g/mol. The molecular weight excluding hydrogens is 242 g/mol. The van der Waals surface area contributed by atoms with Gasteiger partial charge in [0.2, 0.25) is 5.43 Å². The molecule has 0 radical (unpaired) electrons. The van der Waals surface area contributed by atoms with Crippen LogP contribution in [0.25, 0.3) is 10.9 Å². The Hall–Kier alpha value is -1.81. The van der Waals surface area contributed by atoms with E-state index < -0.39 is 11.4 Å². The third-order valence-electron chi connectivity index (χ3n) is 2.35. The van der Waals surface area contributed by atoms with Crippen molar-refractivity contribution in [3.8, 4) is 0 Å². The van der Waals surface area contributed by atoms with E-state index in [2.05, 4.69) is 4.98 Å². The summed E-state index contributed by atoms with van der Waals surface area (Å²) in [4.78, 5) is 26.5. The van der Waals surface area contributed by atoms with E-state index in [0.717, 1.165) is 0 Å². The number of hydrogen-bond donors (Lipinski definition) is 1. The highest BCUT2D eigenvalue weighted by atomic mass is 35.5. The van der Waals surface area contributed by atoms with Crippen molar-refractivity contribution in [1.82, 2.24) is 4.98 Å². The Balaban J connectivity index is 2.69. The van der Waals surface area contributed by atoms with Gasteiger partial charge >= 0.3 is 5.97 Å². The summed E-state index contributed by atoms with van der Waals surface area (Å²) in [6, 6.07) is 5.05. The summed E-state index contributed by atoms with van der Waals surface area (Å²) in [7, 11) is 0. The smallest absolute Gasteiger partial charge is 0.343 e. The number of carbonyl (C=O) groups is 1. The second kappa shape index (κ2) is 4.59. The van der Waals surface area contributed by atoms with Gasteiger partial charge in [-0.25, -0.2) is 4.79 Å². The van der Waals surface area contributed by atoms with E-state index in [-0.39, 0.29) is 12.2 Å². The molecule has 0 unspecified atom stereocenters. The standard InChI is InChI=1S/C12H10ClNO3/c1-2-17-12(16)7-6-14-9-5-3-4-8(13)10(9)11(7)15/h3-6H,2H2,1H3,(H,14,15). The van der Waals surface area contributed by atoms with E-state index >= 15 is 0 Å². The van der Waals surface area contributed by atoms with E-state index in [9.17, 15) is 9.59 Å². The summed E-state index contributed by atoms with van der Waals surface area (Å²) >= 11 is 5.94. The van der Waals surface area contributed by atoms with Crippen LogP contribution in [0, 0.1) is 0 Å². The lowest BCUT2D eigenvalue weighted by atomic mass is 10.1. The van der Waals surface area contributed by atoms with Gasteiger partial charge in [0.25, 0.3) is 0 Å². The average molecular weight is 252 g/mol. The first-order chi connectivity index (χ1) is 8.15. The molecule has 0 fully saturated rings. The number of H-pyrrole nitrogens is 1. The molecule has 0 amide bonds. The van der Waals surface area contributed by atoms with E-state index in [0.29, 0.717) is 15.9 Å². The van der Waals surface area contributed by atoms with Gasteiger partial charge in [-0.3, -0.25) is 4.79 Å². The molecule has 2 rings (SSSR count). The van der Waals surface area contributed by atoms with Crippen LogP contribution in [0.5, 0.6) is 0 Å². The predicted octanol–water partition coefficient (Wildman–Crippen LogP) is 2.36. The molecule has 0 atom stereocenters. The number of halogens is 1. The largest absolute Gasteiger partial charge is 0.462 e. The molecular formula is C12H10ClNO3. The molecule has 2 aromatic rings. The number of nitrogens with one attached hydrogen (secondary N) is 1. The molecule has 88 valence electrons. The third kappa shape index (κ3) is 2.03. The summed E-state index contributed by atoms with van der Waals surface area (Å²) in [6.45, 7) is 1.90. The minimum Gasteiger partial charge on any atom is -0.462 e. The van der Waals surface area contributed by atoms with Crippen LogP contribution in [0.4, 0.5) is 0 Å². The fraction of sp³-hybridized carbons (Fsp3) is 0.167. The van der Waals surface area contributed by atoms with Crippen LogP contribution in [0.3, 0.4) is 0 Å². The highest BCUT2D eigenvalue weighted by Gasteiger charge is 2.15. The Morgan fingerprint density at radius 1 is 1.47 bits per heavy atom. The number of pyridine rings is 1. The molecule has 1 N–H and O–H groups in total. The maximum Gasteiger partial charge on any atom is 0.343 e. The number of ether oxygens (including phenoxy) is 1. The highest BCUT2D eigenvalue weighted by Crippen LogP contribution is 2.18. The molecule has 0 spiro atoms. The summed E-state index contributed by atoms with van der Waals surface area (Å²) < 4.78 is 4.80. The lowest BCUT2D eigenvalue weighted by molar-refractivity contribution is 0.0524. The van der Waals surface area contributed by atoms with Crippen molar-refractivity contribution < 1.29 is 9.53 Å². The SMILES string of the molecule is CCOC(=O)c1c[nH]c2cccc(Cl)c2c1=O. The molecule has 0 aliphatic rings. The van der Waals surface area contributed by atoms with E-state index in [4.69, 9.17) is 16.3 Å². The van der Waals surface area contributed by atoms with E-state index in [1.54, 1.807) is 25.1 Å². The predicted molar refractivity (Wildman–Crippen MR) is 65.5 cm³/mol. The van der Waals surface area contributed by atoms with Crippen molar-refractivity contribution >= 4 is 28.5 Å². The quantitative estimate of drug-likeness (QED) is 0.834. The molecule has 0 saturated heterocycles. The number of aromatic amines is 1. The number of rotatable bonds is 2. The zero-order valence-corrected chi connectivity index (χ0v) is 9.88. The molecule has 1 heterocycles. The lowest BCUT2D eigenvalue weighted by Crippen LogP contribution is -2.18. The van der Waals surface area contributed by atoms with Gasteiger partial charge in [-0.2, -0.15) is 0 Å². The van der Waals surface area contributed by atoms with Crippen LogP contribution < -0.4 is 5.43 Å². The summed E-state index contributed by atoms with van der Waals surface area (Å²) in [5, 5.41) is 0.620. The van der Waals surface area contributed by atoms with E-state index in [1.807, 2.05) is 0 Å². The summed E-state index contributed by atoms with van der Waals surface area (Å²) in [5.74, 6) is -0.643.